The first-order chi connectivity index (χ1) is 9.52. The molecule has 7 heteroatoms. The van der Waals surface area contributed by atoms with E-state index in [4.69, 9.17) is 10.5 Å². The van der Waals surface area contributed by atoms with Crippen molar-refractivity contribution in [1.82, 2.24) is 9.97 Å². The minimum atomic E-state index is -0.984. The van der Waals surface area contributed by atoms with Crippen LogP contribution in [0.25, 0.3) is 10.2 Å². The number of ether oxygens (including phenoxy) is 1. The zero-order valence-electron chi connectivity index (χ0n) is 10.4. The average Bonchev–Trinajstić information content (AvgIpc) is 2.74. The lowest BCUT2D eigenvalue weighted by Gasteiger charge is -2.06. The molecule has 0 amide bonds. The number of aromatic nitrogens is 2. The van der Waals surface area contributed by atoms with Crippen LogP contribution < -0.4 is 10.5 Å². The Balaban J connectivity index is 2.07. The largest absolute Gasteiger partial charge is 0.438 e. The van der Waals surface area contributed by atoms with Crippen molar-refractivity contribution in [2.45, 2.75) is 6.92 Å². The Morgan fingerprint density at radius 3 is 2.70 bits per heavy atom. The van der Waals surface area contributed by atoms with Gasteiger partial charge in [0.15, 0.2) is 11.6 Å². The highest BCUT2D eigenvalue weighted by atomic mass is 32.1. The molecule has 0 radical (unpaired) electrons. The maximum Gasteiger partial charge on any atom is 0.232 e. The molecule has 1 aromatic carbocycles. The van der Waals surface area contributed by atoms with Crippen molar-refractivity contribution in [2.24, 2.45) is 0 Å². The molecule has 0 bridgehead atoms. The van der Waals surface area contributed by atoms with Crippen LogP contribution in [0.2, 0.25) is 0 Å². The first-order valence-electron chi connectivity index (χ1n) is 5.69. The zero-order valence-corrected chi connectivity index (χ0v) is 11.2. The summed E-state index contributed by atoms with van der Waals surface area (Å²) in [5.41, 5.74) is 5.61. The molecule has 0 aliphatic carbocycles. The van der Waals surface area contributed by atoms with E-state index in [1.165, 1.54) is 17.4 Å². The number of nitrogens with zero attached hydrogens (tertiary/aromatic N) is 2. The molecule has 4 nitrogen and oxygen atoms in total. The summed E-state index contributed by atoms with van der Waals surface area (Å²) in [6.07, 6.45) is 0. The number of fused-ring (bicyclic) bond motifs is 1. The molecule has 0 aliphatic heterocycles. The van der Waals surface area contributed by atoms with Crippen LogP contribution in [0.5, 0.6) is 11.6 Å². The van der Waals surface area contributed by atoms with Gasteiger partial charge in [-0.2, -0.15) is 4.98 Å². The third kappa shape index (κ3) is 2.27. The summed E-state index contributed by atoms with van der Waals surface area (Å²) in [5.74, 6) is -1.48. The van der Waals surface area contributed by atoms with Crippen molar-refractivity contribution in [2.75, 3.05) is 5.73 Å². The highest BCUT2D eigenvalue weighted by molar-refractivity contribution is 7.18. The average molecular weight is 293 g/mol. The van der Waals surface area contributed by atoms with Gasteiger partial charge in [0.2, 0.25) is 11.8 Å². The minimum absolute atomic E-state index is 0.0666. The van der Waals surface area contributed by atoms with Gasteiger partial charge in [-0.3, -0.25) is 0 Å². The van der Waals surface area contributed by atoms with Crippen LogP contribution in [0.4, 0.5) is 14.7 Å². The predicted molar refractivity (Wildman–Crippen MR) is 73.0 cm³/mol. The van der Waals surface area contributed by atoms with Crippen molar-refractivity contribution in [3.8, 4) is 11.6 Å². The van der Waals surface area contributed by atoms with Crippen molar-refractivity contribution < 1.29 is 13.5 Å². The standard InChI is InChI=1S/C13H9F2N3OS/c1-6-4-8-11(17-13(16)18-12(8)20-6)19-7-2-3-9(14)10(15)5-7/h2-5H,1H3,(H2,16,17,18). The van der Waals surface area contributed by atoms with Crippen LogP contribution in [0, 0.1) is 18.6 Å². The van der Waals surface area contributed by atoms with Crippen LogP contribution in [0.15, 0.2) is 24.3 Å². The molecule has 0 saturated carbocycles. The third-order valence-corrected chi connectivity index (χ3v) is 3.55. The first-order valence-corrected chi connectivity index (χ1v) is 6.51. The Kier molecular flexibility index (Phi) is 2.98. The number of nitrogens with two attached hydrogens (primary N) is 1. The number of halogens is 2. The van der Waals surface area contributed by atoms with Crippen molar-refractivity contribution in [1.29, 1.82) is 0 Å². The zero-order chi connectivity index (χ0) is 14.3. The lowest BCUT2D eigenvalue weighted by atomic mass is 10.3. The molecule has 20 heavy (non-hydrogen) atoms. The SMILES string of the molecule is Cc1cc2c(Oc3ccc(F)c(F)c3)nc(N)nc2s1. The third-order valence-electron chi connectivity index (χ3n) is 2.60. The van der Waals surface area contributed by atoms with E-state index in [0.717, 1.165) is 17.0 Å². The molecule has 3 aromatic rings. The fourth-order valence-electron chi connectivity index (χ4n) is 1.76. The molecule has 0 fully saturated rings. The van der Waals surface area contributed by atoms with Gasteiger partial charge in [-0.05, 0) is 25.1 Å². The number of nitrogen functional groups attached to an aromatic ring is 1. The van der Waals surface area contributed by atoms with Gasteiger partial charge >= 0.3 is 0 Å². The molecule has 2 heterocycles. The summed E-state index contributed by atoms with van der Waals surface area (Å²) in [4.78, 5) is 9.81. The van der Waals surface area contributed by atoms with E-state index in [1.807, 2.05) is 13.0 Å². The highest BCUT2D eigenvalue weighted by Crippen LogP contribution is 2.33. The molecule has 0 aliphatic rings. The summed E-state index contributed by atoms with van der Waals surface area (Å²) in [6, 6.07) is 5.13. The summed E-state index contributed by atoms with van der Waals surface area (Å²) in [6.45, 7) is 1.92. The molecule has 3 rings (SSSR count). The van der Waals surface area contributed by atoms with Gasteiger partial charge in [0, 0.05) is 10.9 Å². The molecule has 0 saturated heterocycles. The summed E-state index contributed by atoms with van der Waals surface area (Å²) in [7, 11) is 0. The van der Waals surface area contributed by atoms with E-state index in [9.17, 15) is 8.78 Å². The summed E-state index contributed by atoms with van der Waals surface area (Å²) >= 11 is 1.45. The van der Waals surface area contributed by atoms with E-state index in [-0.39, 0.29) is 17.6 Å². The Bertz CT molecular complexity index is 804. The van der Waals surface area contributed by atoms with Crippen molar-refractivity contribution in [3.05, 3.63) is 40.8 Å². The van der Waals surface area contributed by atoms with Gasteiger partial charge in [-0.15, -0.1) is 11.3 Å². The number of hydrogen-bond acceptors (Lipinski definition) is 5. The van der Waals surface area contributed by atoms with E-state index in [2.05, 4.69) is 9.97 Å². The highest BCUT2D eigenvalue weighted by Gasteiger charge is 2.12. The minimum Gasteiger partial charge on any atom is -0.438 e. The number of anilines is 1. The van der Waals surface area contributed by atoms with E-state index < -0.39 is 11.6 Å². The molecular weight excluding hydrogens is 284 g/mol. The monoisotopic (exact) mass is 293 g/mol. The van der Waals surface area contributed by atoms with Gasteiger partial charge < -0.3 is 10.5 Å². The molecular formula is C13H9F2N3OS. The van der Waals surface area contributed by atoms with Crippen LogP contribution in [0.1, 0.15) is 4.88 Å². The molecule has 0 spiro atoms. The summed E-state index contributed by atoms with van der Waals surface area (Å²) < 4.78 is 31.5. The normalized spacial score (nSPS) is 10.9. The van der Waals surface area contributed by atoms with Gasteiger partial charge in [0.25, 0.3) is 0 Å². The van der Waals surface area contributed by atoms with Crippen molar-refractivity contribution >= 4 is 27.5 Å². The number of hydrogen-bond donors (Lipinski definition) is 1. The smallest absolute Gasteiger partial charge is 0.232 e. The Labute approximate surface area is 116 Å². The maximum absolute atomic E-state index is 13.2. The number of rotatable bonds is 2. The quantitative estimate of drug-likeness (QED) is 0.783. The molecule has 102 valence electrons. The Morgan fingerprint density at radius 1 is 1.15 bits per heavy atom. The molecule has 2 N–H and O–H groups in total. The van der Waals surface area contributed by atoms with Gasteiger partial charge in [0.1, 0.15) is 10.6 Å². The van der Waals surface area contributed by atoms with E-state index >= 15 is 0 Å². The number of aryl methyl sites for hydroxylation is 1. The molecule has 0 atom stereocenters. The number of benzene rings is 1. The topological polar surface area (TPSA) is 61.0 Å². The first kappa shape index (κ1) is 12.7. The lowest BCUT2D eigenvalue weighted by Crippen LogP contribution is -1.97. The van der Waals surface area contributed by atoms with E-state index in [1.54, 1.807) is 0 Å². The second-order valence-corrected chi connectivity index (χ2v) is 5.38. The van der Waals surface area contributed by atoms with Gasteiger partial charge in [-0.1, -0.05) is 0 Å². The second kappa shape index (κ2) is 4.68. The summed E-state index contributed by atoms with van der Waals surface area (Å²) in [5, 5.41) is 0.687. The predicted octanol–water partition coefficient (Wildman–Crippen LogP) is 3.65. The molecule has 2 aromatic heterocycles. The van der Waals surface area contributed by atoms with Crippen LogP contribution in [-0.4, -0.2) is 9.97 Å². The fourth-order valence-corrected chi connectivity index (χ4v) is 2.64. The second-order valence-electron chi connectivity index (χ2n) is 4.14. The van der Waals surface area contributed by atoms with Gasteiger partial charge in [-0.25, -0.2) is 13.8 Å². The van der Waals surface area contributed by atoms with Crippen LogP contribution in [0.3, 0.4) is 0 Å². The van der Waals surface area contributed by atoms with E-state index in [0.29, 0.717) is 10.2 Å². The Hall–Kier alpha value is -2.28. The van der Waals surface area contributed by atoms with Crippen molar-refractivity contribution in [3.63, 3.8) is 0 Å². The van der Waals surface area contributed by atoms with Gasteiger partial charge in [0.05, 0.1) is 5.39 Å². The molecule has 0 unspecified atom stereocenters. The Morgan fingerprint density at radius 2 is 1.95 bits per heavy atom. The fraction of sp³-hybridized carbons (Fsp3) is 0.0769. The lowest BCUT2D eigenvalue weighted by molar-refractivity contribution is 0.452. The maximum atomic E-state index is 13.2. The number of thiophene rings is 1. The van der Waals surface area contributed by atoms with Crippen LogP contribution >= 0.6 is 11.3 Å². The van der Waals surface area contributed by atoms with Crippen LogP contribution in [-0.2, 0) is 0 Å².